The fourth-order valence-corrected chi connectivity index (χ4v) is 1.06. The van der Waals surface area contributed by atoms with Crippen molar-refractivity contribution in [3.05, 3.63) is 35.1 Å². The average molecular weight is 244 g/mol. The lowest BCUT2D eigenvalue weighted by atomic mass is 10.1. The van der Waals surface area contributed by atoms with Gasteiger partial charge in [-0.25, -0.2) is 4.39 Å². The van der Waals surface area contributed by atoms with Gasteiger partial charge in [0.25, 0.3) is 0 Å². The lowest BCUT2D eigenvalue weighted by molar-refractivity contribution is -0.137. The van der Waals surface area contributed by atoms with Crippen LogP contribution in [0.5, 0.6) is 0 Å². The Hall–Kier alpha value is -0.810. The van der Waals surface area contributed by atoms with Gasteiger partial charge in [0.15, 0.2) is 0 Å². The first kappa shape index (κ1) is 14.2. The van der Waals surface area contributed by atoms with E-state index in [1.54, 1.807) is 7.05 Å². The molecule has 0 atom stereocenters. The highest BCUT2D eigenvalue weighted by molar-refractivity contribution is 5.85. The van der Waals surface area contributed by atoms with Crippen LogP contribution in [0, 0.1) is 5.82 Å². The highest BCUT2D eigenvalue weighted by Crippen LogP contribution is 2.30. The molecule has 0 aromatic heterocycles. The summed E-state index contributed by atoms with van der Waals surface area (Å²) in [6.45, 7) is 0.212. The molecule has 0 aliphatic rings. The monoisotopic (exact) mass is 243 g/mol. The third kappa shape index (κ3) is 3.68. The van der Waals surface area contributed by atoms with Gasteiger partial charge in [-0.05, 0) is 19.2 Å². The van der Waals surface area contributed by atoms with Crippen molar-refractivity contribution in [2.75, 3.05) is 7.05 Å². The maximum atomic E-state index is 13.0. The number of halogens is 5. The van der Waals surface area contributed by atoms with Gasteiger partial charge in [0.05, 0.1) is 5.56 Å². The Bertz CT molecular complexity index is 324. The van der Waals surface area contributed by atoms with E-state index in [-0.39, 0.29) is 24.5 Å². The van der Waals surface area contributed by atoms with Gasteiger partial charge in [-0.15, -0.1) is 12.4 Å². The van der Waals surface area contributed by atoms with Crippen molar-refractivity contribution in [3.63, 3.8) is 0 Å². The Morgan fingerprint density at radius 2 is 1.87 bits per heavy atom. The smallest absolute Gasteiger partial charge is 0.316 e. The second kappa shape index (κ2) is 5.32. The van der Waals surface area contributed by atoms with E-state index < -0.39 is 17.6 Å². The summed E-state index contributed by atoms with van der Waals surface area (Å²) in [6.07, 6.45) is -4.49. The van der Waals surface area contributed by atoms with Crippen molar-refractivity contribution >= 4 is 12.4 Å². The molecule has 0 unspecified atom stereocenters. The average Bonchev–Trinajstić information content (AvgIpc) is 2.07. The topological polar surface area (TPSA) is 12.0 Å². The Kier molecular flexibility index (Phi) is 5.03. The third-order valence-electron chi connectivity index (χ3n) is 1.75. The number of hydrogen-bond acceptors (Lipinski definition) is 1. The van der Waals surface area contributed by atoms with Crippen LogP contribution in [0.2, 0.25) is 0 Å². The zero-order chi connectivity index (χ0) is 10.8. The molecule has 0 radical (unpaired) electrons. The summed E-state index contributed by atoms with van der Waals surface area (Å²) in [5, 5.41) is 2.66. The summed E-state index contributed by atoms with van der Waals surface area (Å²) >= 11 is 0. The molecule has 1 nitrogen and oxygen atoms in total. The van der Waals surface area contributed by atoms with Gasteiger partial charge in [-0.3, -0.25) is 0 Å². The van der Waals surface area contributed by atoms with Gasteiger partial charge in [-0.2, -0.15) is 13.2 Å². The van der Waals surface area contributed by atoms with E-state index in [1.165, 1.54) is 0 Å². The van der Waals surface area contributed by atoms with Crippen LogP contribution in [-0.4, -0.2) is 7.05 Å². The number of nitrogens with one attached hydrogen (secondary N) is 1. The number of hydrogen-bond donors (Lipinski definition) is 1. The number of rotatable bonds is 2. The lowest BCUT2D eigenvalue weighted by Crippen LogP contribution is -2.10. The van der Waals surface area contributed by atoms with Crippen LogP contribution in [0.1, 0.15) is 11.1 Å². The summed E-state index contributed by atoms with van der Waals surface area (Å²) in [4.78, 5) is 0. The fourth-order valence-electron chi connectivity index (χ4n) is 1.06. The molecule has 0 amide bonds. The molecule has 0 heterocycles. The van der Waals surface area contributed by atoms with Gasteiger partial charge in [-0.1, -0.05) is 6.07 Å². The van der Waals surface area contributed by atoms with E-state index >= 15 is 0 Å². The van der Waals surface area contributed by atoms with E-state index in [0.29, 0.717) is 6.07 Å². The highest BCUT2D eigenvalue weighted by Gasteiger charge is 2.30. The Balaban J connectivity index is 0.00000196. The first-order chi connectivity index (χ1) is 6.45. The minimum Gasteiger partial charge on any atom is -0.316 e. The molecular formula is C9H10ClF4N. The first-order valence-corrected chi connectivity index (χ1v) is 3.95. The quantitative estimate of drug-likeness (QED) is 0.788. The van der Waals surface area contributed by atoms with Crippen LogP contribution < -0.4 is 5.32 Å². The molecule has 6 heteroatoms. The lowest BCUT2D eigenvalue weighted by Gasteiger charge is -2.08. The standard InChI is InChI=1S/C9H9F4N.ClH/c1-14-5-6-2-3-7(4-8(6)10)9(11,12)13;/h2-4,14H,5H2,1H3;1H. The Labute approximate surface area is 90.9 Å². The van der Waals surface area contributed by atoms with E-state index in [2.05, 4.69) is 5.32 Å². The van der Waals surface area contributed by atoms with E-state index in [1.807, 2.05) is 0 Å². The molecule has 86 valence electrons. The predicted molar refractivity (Wildman–Crippen MR) is 51.4 cm³/mol. The normalized spacial score (nSPS) is 11.0. The van der Waals surface area contributed by atoms with Gasteiger partial charge in [0.1, 0.15) is 5.82 Å². The molecule has 1 N–H and O–H groups in total. The molecule has 0 bridgehead atoms. The summed E-state index contributed by atoms with van der Waals surface area (Å²) in [5.74, 6) is -0.839. The van der Waals surface area contributed by atoms with Crippen LogP contribution in [0.4, 0.5) is 17.6 Å². The summed E-state index contributed by atoms with van der Waals surface area (Å²) < 4.78 is 49.3. The molecule has 0 aliphatic carbocycles. The predicted octanol–water partition coefficient (Wildman–Crippen LogP) is 2.99. The van der Waals surface area contributed by atoms with Gasteiger partial charge in [0.2, 0.25) is 0 Å². The molecule has 0 saturated heterocycles. The van der Waals surface area contributed by atoms with Crippen molar-refractivity contribution in [1.29, 1.82) is 0 Å². The minimum atomic E-state index is -4.49. The SMILES string of the molecule is CNCc1ccc(C(F)(F)F)cc1F.Cl. The van der Waals surface area contributed by atoms with E-state index in [9.17, 15) is 17.6 Å². The molecule has 15 heavy (non-hydrogen) atoms. The van der Waals surface area contributed by atoms with Crippen molar-refractivity contribution in [1.82, 2.24) is 5.32 Å². The van der Waals surface area contributed by atoms with Crippen LogP contribution in [0.15, 0.2) is 18.2 Å². The fraction of sp³-hybridized carbons (Fsp3) is 0.333. The molecular weight excluding hydrogens is 234 g/mol. The zero-order valence-electron chi connectivity index (χ0n) is 7.86. The summed E-state index contributed by atoms with van der Waals surface area (Å²) in [6, 6.07) is 2.51. The van der Waals surface area contributed by atoms with Gasteiger partial charge in [0, 0.05) is 12.1 Å². The Morgan fingerprint density at radius 1 is 1.27 bits per heavy atom. The van der Waals surface area contributed by atoms with Crippen molar-refractivity contribution in [3.8, 4) is 0 Å². The van der Waals surface area contributed by atoms with Crippen LogP contribution in [-0.2, 0) is 12.7 Å². The second-order valence-electron chi connectivity index (χ2n) is 2.83. The van der Waals surface area contributed by atoms with Crippen molar-refractivity contribution in [2.24, 2.45) is 0 Å². The zero-order valence-corrected chi connectivity index (χ0v) is 8.68. The summed E-state index contributed by atoms with van der Waals surface area (Å²) in [7, 11) is 1.59. The molecule has 0 spiro atoms. The maximum Gasteiger partial charge on any atom is 0.416 e. The van der Waals surface area contributed by atoms with Crippen molar-refractivity contribution in [2.45, 2.75) is 12.7 Å². The van der Waals surface area contributed by atoms with Crippen molar-refractivity contribution < 1.29 is 17.6 Å². The molecule has 1 rings (SSSR count). The largest absolute Gasteiger partial charge is 0.416 e. The maximum absolute atomic E-state index is 13.0. The van der Waals surface area contributed by atoms with E-state index in [0.717, 1.165) is 12.1 Å². The Morgan fingerprint density at radius 3 is 2.27 bits per heavy atom. The van der Waals surface area contributed by atoms with Gasteiger partial charge < -0.3 is 5.32 Å². The number of alkyl halides is 3. The first-order valence-electron chi connectivity index (χ1n) is 3.95. The molecule has 1 aromatic carbocycles. The highest BCUT2D eigenvalue weighted by atomic mass is 35.5. The third-order valence-corrected chi connectivity index (χ3v) is 1.75. The molecule has 0 saturated carbocycles. The van der Waals surface area contributed by atoms with Crippen LogP contribution in [0.3, 0.4) is 0 Å². The second-order valence-corrected chi connectivity index (χ2v) is 2.83. The number of benzene rings is 1. The molecule has 0 fully saturated rings. The van der Waals surface area contributed by atoms with Gasteiger partial charge >= 0.3 is 6.18 Å². The molecule has 1 aromatic rings. The van der Waals surface area contributed by atoms with E-state index in [4.69, 9.17) is 0 Å². The molecule has 0 aliphatic heterocycles. The van der Waals surface area contributed by atoms with Crippen LogP contribution >= 0.6 is 12.4 Å². The summed E-state index contributed by atoms with van der Waals surface area (Å²) in [5.41, 5.74) is -0.740. The minimum absolute atomic E-state index is 0. The van der Waals surface area contributed by atoms with Crippen LogP contribution in [0.25, 0.3) is 0 Å².